The molecule has 5 nitrogen and oxygen atoms in total. The molecule has 0 radical (unpaired) electrons. The first-order valence-electron chi connectivity index (χ1n) is 3.00. The standard InChI is InChI=1S/C5H9N3O2/c1-8-3-2-6-4(9)7-5(8)10/h2-3H2,1H3,(H2,6,7,9,10). The van der Waals surface area contributed by atoms with Crippen LogP contribution in [0.15, 0.2) is 0 Å². The molecule has 1 aliphatic rings. The first-order valence-corrected chi connectivity index (χ1v) is 3.00. The number of rotatable bonds is 0. The van der Waals surface area contributed by atoms with Crippen LogP contribution in [0.3, 0.4) is 0 Å². The summed E-state index contributed by atoms with van der Waals surface area (Å²) in [5, 5.41) is 4.62. The summed E-state index contributed by atoms with van der Waals surface area (Å²) in [6.07, 6.45) is 0. The summed E-state index contributed by atoms with van der Waals surface area (Å²) in [5.41, 5.74) is 0. The summed E-state index contributed by atoms with van der Waals surface area (Å²) >= 11 is 0. The van der Waals surface area contributed by atoms with E-state index >= 15 is 0 Å². The Morgan fingerprint density at radius 3 is 2.90 bits per heavy atom. The van der Waals surface area contributed by atoms with Gasteiger partial charge in [-0.25, -0.2) is 9.59 Å². The number of carbonyl (C=O) groups excluding carboxylic acids is 2. The maximum Gasteiger partial charge on any atom is 0.325 e. The molecule has 5 heteroatoms. The van der Waals surface area contributed by atoms with Crippen molar-refractivity contribution in [1.29, 1.82) is 0 Å². The van der Waals surface area contributed by atoms with Crippen molar-refractivity contribution in [3.63, 3.8) is 0 Å². The van der Waals surface area contributed by atoms with Crippen molar-refractivity contribution in [2.75, 3.05) is 20.1 Å². The van der Waals surface area contributed by atoms with Gasteiger partial charge in [-0.05, 0) is 0 Å². The van der Waals surface area contributed by atoms with Crippen molar-refractivity contribution in [3.8, 4) is 0 Å². The minimum atomic E-state index is -0.422. The van der Waals surface area contributed by atoms with Gasteiger partial charge in [0.1, 0.15) is 0 Å². The van der Waals surface area contributed by atoms with E-state index in [4.69, 9.17) is 0 Å². The van der Waals surface area contributed by atoms with E-state index in [1.165, 1.54) is 4.90 Å². The Hall–Kier alpha value is -1.26. The Morgan fingerprint density at radius 1 is 1.50 bits per heavy atom. The molecule has 0 aromatic heterocycles. The van der Waals surface area contributed by atoms with Crippen LogP contribution in [0.4, 0.5) is 9.59 Å². The Bertz CT molecular complexity index is 168. The third-order valence-corrected chi connectivity index (χ3v) is 1.30. The van der Waals surface area contributed by atoms with Crippen molar-refractivity contribution in [2.45, 2.75) is 0 Å². The van der Waals surface area contributed by atoms with Crippen molar-refractivity contribution in [1.82, 2.24) is 15.5 Å². The molecule has 1 rings (SSSR count). The van der Waals surface area contributed by atoms with Crippen molar-refractivity contribution in [3.05, 3.63) is 0 Å². The van der Waals surface area contributed by atoms with Crippen LogP contribution in [0, 0.1) is 0 Å². The van der Waals surface area contributed by atoms with Gasteiger partial charge in [-0.1, -0.05) is 0 Å². The first kappa shape index (κ1) is 6.85. The van der Waals surface area contributed by atoms with Crippen LogP contribution in [0.1, 0.15) is 0 Å². The molecule has 10 heavy (non-hydrogen) atoms. The number of hydrogen-bond acceptors (Lipinski definition) is 2. The number of hydrogen-bond donors (Lipinski definition) is 2. The second-order valence-corrected chi connectivity index (χ2v) is 2.11. The summed E-state index contributed by atoms with van der Waals surface area (Å²) < 4.78 is 0. The van der Waals surface area contributed by atoms with Gasteiger partial charge in [0, 0.05) is 20.1 Å². The molecule has 2 N–H and O–H groups in total. The maximum absolute atomic E-state index is 10.8. The third-order valence-electron chi connectivity index (χ3n) is 1.30. The normalized spacial score (nSPS) is 19.5. The van der Waals surface area contributed by atoms with E-state index in [9.17, 15) is 9.59 Å². The van der Waals surface area contributed by atoms with Gasteiger partial charge >= 0.3 is 12.1 Å². The van der Waals surface area contributed by atoms with Crippen LogP contribution in [-0.2, 0) is 0 Å². The van der Waals surface area contributed by atoms with Gasteiger partial charge in [0.15, 0.2) is 0 Å². The molecule has 4 amide bonds. The number of nitrogens with one attached hydrogen (secondary N) is 2. The summed E-state index contributed by atoms with van der Waals surface area (Å²) in [6, 6.07) is -0.774. The van der Waals surface area contributed by atoms with E-state index in [0.29, 0.717) is 13.1 Å². The molecule has 0 atom stereocenters. The molecule has 1 heterocycles. The third kappa shape index (κ3) is 1.37. The molecule has 0 aromatic rings. The fraction of sp³-hybridized carbons (Fsp3) is 0.600. The lowest BCUT2D eigenvalue weighted by atomic mass is 10.6. The molecule has 56 valence electrons. The van der Waals surface area contributed by atoms with E-state index in [-0.39, 0.29) is 6.03 Å². The van der Waals surface area contributed by atoms with Gasteiger partial charge in [0.2, 0.25) is 0 Å². The van der Waals surface area contributed by atoms with Crippen LogP contribution >= 0.6 is 0 Å². The predicted molar refractivity (Wildman–Crippen MR) is 34.6 cm³/mol. The second kappa shape index (κ2) is 2.55. The molecule has 0 unspecified atom stereocenters. The zero-order valence-electron chi connectivity index (χ0n) is 5.68. The highest BCUT2D eigenvalue weighted by Crippen LogP contribution is 1.86. The van der Waals surface area contributed by atoms with Crippen molar-refractivity contribution in [2.24, 2.45) is 0 Å². The van der Waals surface area contributed by atoms with Crippen LogP contribution < -0.4 is 10.6 Å². The van der Waals surface area contributed by atoms with Crippen LogP contribution in [0.25, 0.3) is 0 Å². The highest BCUT2D eigenvalue weighted by atomic mass is 16.2. The van der Waals surface area contributed by atoms with E-state index in [2.05, 4.69) is 10.6 Å². The average molecular weight is 143 g/mol. The van der Waals surface area contributed by atoms with E-state index in [1.807, 2.05) is 0 Å². The molecule has 0 aliphatic carbocycles. The SMILES string of the molecule is CN1CCNC(=O)NC1=O. The van der Waals surface area contributed by atoms with Gasteiger partial charge in [0.25, 0.3) is 0 Å². The minimum Gasteiger partial charge on any atom is -0.336 e. The van der Waals surface area contributed by atoms with Crippen LogP contribution in [0.2, 0.25) is 0 Å². The minimum absolute atomic E-state index is 0.352. The average Bonchev–Trinajstić information content (AvgIpc) is 1.96. The molecular formula is C5H9N3O2. The van der Waals surface area contributed by atoms with Gasteiger partial charge in [-0.3, -0.25) is 5.32 Å². The lowest BCUT2D eigenvalue weighted by Crippen LogP contribution is -2.39. The van der Waals surface area contributed by atoms with Gasteiger partial charge < -0.3 is 10.2 Å². The highest BCUT2D eigenvalue weighted by molar-refractivity contribution is 5.93. The smallest absolute Gasteiger partial charge is 0.325 e. The number of likely N-dealkylation sites (N-methyl/N-ethyl adjacent to an activating group) is 1. The molecule has 0 spiro atoms. The van der Waals surface area contributed by atoms with Crippen LogP contribution in [0.5, 0.6) is 0 Å². The van der Waals surface area contributed by atoms with E-state index in [0.717, 1.165) is 0 Å². The summed E-state index contributed by atoms with van der Waals surface area (Å²) in [6.45, 7) is 1.06. The monoisotopic (exact) mass is 143 g/mol. The number of nitrogens with zero attached hydrogens (tertiary/aromatic N) is 1. The topological polar surface area (TPSA) is 61.4 Å². The molecule has 0 bridgehead atoms. The Morgan fingerprint density at radius 2 is 2.20 bits per heavy atom. The molecule has 1 saturated heterocycles. The number of amides is 4. The molecular weight excluding hydrogens is 134 g/mol. The zero-order chi connectivity index (χ0) is 7.56. The quantitative estimate of drug-likeness (QED) is 0.473. The summed E-state index contributed by atoms with van der Waals surface area (Å²) in [7, 11) is 1.63. The highest BCUT2D eigenvalue weighted by Gasteiger charge is 2.15. The van der Waals surface area contributed by atoms with Gasteiger partial charge in [0.05, 0.1) is 0 Å². The van der Waals surface area contributed by atoms with Crippen molar-refractivity contribution < 1.29 is 9.59 Å². The fourth-order valence-corrected chi connectivity index (χ4v) is 0.675. The van der Waals surface area contributed by atoms with E-state index < -0.39 is 6.03 Å². The summed E-state index contributed by atoms with van der Waals surface area (Å²) in [4.78, 5) is 22.8. The lowest BCUT2D eigenvalue weighted by Gasteiger charge is -2.10. The van der Waals surface area contributed by atoms with Crippen LogP contribution in [-0.4, -0.2) is 37.1 Å². The van der Waals surface area contributed by atoms with Gasteiger partial charge in [-0.2, -0.15) is 0 Å². The fourth-order valence-electron chi connectivity index (χ4n) is 0.675. The lowest BCUT2D eigenvalue weighted by molar-refractivity contribution is 0.211. The second-order valence-electron chi connectivity index (χ2n) is 2.11. The number of urea groups is 2. The maximum atomic E-state index is 10.8. The van der Waals surface area contributed by atoms with E-state index in [1.54, 1.807) is 7.05 Å². The van der Waals surface area contributed by atoms with Gasteiger partial charge in [-0.15, -0.1) is 0 Å². The van der Waals surface area contributed by atoms with Crippen molar-refractivity contribution >= 4 is 12.1 Å². The number of carbonyl (C=O) groups is 2. The molecule has 1 fully saturated rings. The Labute approximate surface area is 58.4 Å². The summed E-state index contributed by atoms with van der Waals surface area (Å²) in [5.74, 6) is 0. The largest absolute Gasteiger partial charge is 0.336 e. The molecule has 1 aliphatic heterocycles. The Balaban J connectivity index is 2.57. The molecule has 0 saturated carbocycles. The zero-order valence-corrected chi connectivity index (χ0v) is 5.68. The Kier molecular flexibility index (Phi) is 1.75. The molecule has 0 aromatic carbocycles. The number of imide groups is 1. The predicted octanol–water partition coefficient (Wildman–Crippen LogP) is -0.649. The first-order chi connectivity index (χ1) is 4.70.